The van der Waals surface area contributed by atoms with E-state index in [1.54, 1.807) is 3.93 Å². The first-order valence-corrected chi connectivity index (χ1v) is 3.98. The summed E-state index contributed by atoms with van der Waals surface area (Å²) < 4.78 is 1.64. The molecule has 1 amide bonds. The molecule has 60 valence electrons. The van der Waals surface area contributed by atoms with Crippen LogP contribution in [0.3, 0.4) is 0 Å². The zero-order valence-electron chi connectivity index (χ0n) is 10.7. The molecule has 0 unspecified atom stereocenters. The van der Waals surface area contributed by atoms with Crippen LogP contribution >= 0.6 is 16.1 Å². The molecule has 0 aromatic rings. The Labute approximate surface area is 114 Å². The fourth-order valence-corrected chi connectivity index (χ4v) is 1.38. The van der Waals surface area contributed by atoms with Gasteiger partial charge in [-0.15, -0.1) is 0 Å². The molecule has 0 aliphatic carbocycles. The third-order valence-electron chi connectivity index (χ3n) is 1.52. The molecular formula is C6H14BrMg2NO. The minimum Gasteiger partial charge on any atom is -1.00 e. The summed E-state index contributed by atoms with van der Waals surface area (Å²) >= 11 is 3.19. The number of carbonyl (C=O) groups is 1. The Morgan fingerprint density at radius 1 is 1.27 bits per heavy atom. The fourth-order valence-electron chi connectivity index (χ4n) is 0.950. The van der Waals surface area contributed by atoms with Gasteiger partial charge in [-0.25, -0.2) is 0 Å². The van der Waals surface area contributed by atoms with Crippen LogP contribution in [0.25, 0.3) is 0 Å². The van der Waals surface area contributed by atoms with Crippen molar-refractivity contribution in [1.29, 1.82) is 0 Å². The first-order chi connectivity index (χ1) is 4.30. The van der Waals surface area contributed by atoms with E-state index in [0.717, 1.165) is 19.4 Å². The Balaban J connectivity index is -0.0000000337. The fraction of sp³-hybridized carbons (Fsp3) is 0.833. The van der Waals surface area contributed by atoms with Crippen molar-refractivity contribution in [3.63, 3.8) is 0 Å². The van der Waals surface area contributed by atoms with Crippen LogP contribution in [0.4, 0.5) is 0 Å². The molecule has 5 heteroatoms. The van der Waals surface area contributed by atoms with E-state index in [-0.39, 0.29) is 57.7 Å². The van der Waals surface area contributed by atoms with E-state index in [1.165, 1.54) is 6.42 Å². The minimum atomic E-state index is 0. The molecule has 0 aromatic carbocycles. The van der Waals surface area contributed by atoms with Crippen LogP contribution in [0.15, 0.2) is 0 Å². The van der Waals surface area contributed by atoms with Crippen molar-refractivity contribution in [3.05, 3.63) is 0 Å². The second-order valence-corrected chi connectivity index (χ2v) is 3.15. The van der Waals surface area contributed by atoms with Crippen molar-refractivity contribution < 1.29 is 10.5 Å². The molecule has 2 nitrogen and oxygen atoms in total. The van der Waals surface area contributed by atoms with Crippen LogP contribution in [0.5, 0.6) is 0 Å². The maximum absolute atomic E-state index is 10.9. The number of halogens is 1. The van der Waals surface area contributed by atoms with Crippen LogP contribution in [-0.2, 0) is 4.79 Å². The topological polar surface area (TPSA) is 20.3 Å². The molecule has 11 heavy (non-hydrogen) atoms. The summed E-state index contributed by atoms with van der Waals surface area (Å²) in [5.41, 5.74) is 0. The standard InChI is InChI=1S/C6H10BrNO.2Mg.4H/c7-8-5-3-1-2-4-6(8)9;;;;;;/h1-5H2;;;;;;/q;2*+2;4*-1. The Hall–Kier alpha value is 1.48. The average molecular weight is 245 g/mol. The summed E-state index contributed by atoms with van der Waals surface area (Å²) in [6, 6.07) is 0. The molecule has 1 fully saturated rings. The van der Waals surface area contributed by atoms with Gasteiger partial charge >= 0.3 is 46.1 Å². The number of amides is 1. The number of rotatable bonds is 0. The summed E-state index contributed by atoms with van der Waals surface area (Å²) in [5.74, 6) is 0.229. The Bertz CT molecular complexity index is 136. The number of carbonyl (C=O) groups excluding carboxylic acids is 1. The van der Waals surface area contributed by atoms with Gasteiger partial charge in [0.1, 0.15) is 0 Å². The minimum absolute atomic E-state index is 0. The summed E-state index contributed by atoms with van der Waals surface area (Å²) in [6.07, 6.45) is 4.09. The molecule has 1 aliphatic heterocycles. The molecule has 0 radical (unpaired) electrons. The van der Waals surface area contributed by atoms with Crippen LogP contribution in [-0.4, -0.2) is 62.5 Å². The van der Waals surface area contributed by atoms with Gasteiger partial charge in [-0.2, -0.15) is 0 Å². The second-order valence-electron chi connectivity index (χ2n) is 2.29. The first kappa shape index (κ1) is 15.0. The Kier molecular flexibility index (Phi) is 11.0. The number of nitrogens with zero attached hydrogens (tertiary/aromatic N) is 1. The molecule has 0 N–H and O–H groups in total. The number of hydrogen-bond acceptors (Lipinski definition) is 1. The van der Waals surface area contributed by atoms with Gasteiger partial charge < -0.3 is 5.71 Å². The van der Waals surface area contributed by atoms with E-state index in [9.17, 15) is 4.79 Å². The van der Waals surface area contributed by atoms with Crippen LogP contribution < -0.4 is 0 Å². The average Bonchev–Trinajstić information content (AvgIpc) is 1.99. The largest absolute Gasteiger partial charge is 2.00 e. The van der Waals surface area contributed by atoms with Crippen molar-refractivity contribution in [1.82, 2.24) is 3.93 Å². The van der Waals surface area contributed by atoms with Crippen molar-refractivity contribution in [2.45, 2.75) is 25.7 Å². The smallest absolute Gasteiger partial charge is 1.00 e. The molecule has 1 aliphatic rings. The van der Waals surface area contributed by atoms with Crippen molar-refractivity contribution in [2.75, 3.05) is 6.54 Å². The van der Waals surface area contributed by atoms with Crippen LogP contribution in [0.2, 0.25) is 0 Å². The van der Waals surface area contributed by atoms with Crippen LogP contribution in [0, 0.1) is 0 Å². The Morgan fingerprint density at radius 2 is 1.91 bits per heavy atom. The van der Waals surface area contributed by atoms with Gasteiger partial charge in [0, 0.05) is 13.0 Å². The molecule has 0 aromatic heterocycles. The third kappa shape index (κ3) is 5.68. The predicted octanol–water partition coefficient (Wildman–Crippen LogP) is 1.39. The van der Waals surface area contributed by atoms with Crippen LogP contribution in [0.1, 0.15) is 31.4 Å². The molecule has 0 bridgehead atoms. The summed E-state index contributed by atoms with van der Waals surface area (Å²) in [7, 11) is 0. The quantitative estimate of drug-likeness (QED) is 0.466. The summed E-state index contributed by atoms with van der Waals surface area (Å²) in [6.45, 7) is 0.874. The van der Waals surface area contributed by atoms with Crippen molar-refractivity contribution in [3.8, 4) is 0 Å². The monoisotopic (exact) mass is 243 g/mol. The summed E-state index contributed by atoms with van der Waals surface area (Å²) in [4.78, 5) is 10.9. The second kappa shape index (κ2) is 8.10. The van der Waals surface area contributed by atoms with Gasteiger partial charge in [-0.05, 0) is 12.8 Å². The molecule has 0 spiro atoms. The van der Waals surface area contributed by atoms with Gasteiger partial charge in [0.2, 0.25) is 5.91 Å². The van der Waals surface area contributed by atoms with Crippen molar-refractivity contribution in [2.24, 2.45) is 0 Å². The third-order valence-corrected chi connectivity index (χ3v) is 2.27. The van der Waals surface area contributed by atoms with E-state index in [2.05, 4.69) is 16.1 Å². The van der Waals surface area contributed by atoms with Gasteiger partial charge in [0.05, 0.1) is 16.1 Å². The van der Waals surface area contributed by atoms with Gasteiger partial charge in [0.25, 0.3) is 0 Å². The predicted molar refractivity (Wildman–Crippen MR) is 55.1 cm³/mol. The molecule has 0 saturated carbocycles. The summed E-state index contributed by atoms with van der Waals surface area (Å²) in [5, 5.41) is 0. The van der Waals surface area contributed by atoms with Crippen molar-refractivity contribution >= 4 is 68.2 Å². The van der Waals surface area contributed by atoms with E-state index < -0.39 is 0 Å². The zero-order valence-corrected chi connectivity index (χ0v) is 11.1. The zero-order chi connectivity index (χ0) is 6.69. The van der Waals surface area contributed by atoms with E-state index in [1.807, 2.05) is 0 Å². The van der Waals surface area contributed by atoms with Gasteiger partial charge in [-0.3, -0.25) is 8.72 Å². The molecule has 0 atom stereocenters. The van der Waals surface area contributed by atoms with E-state index in [0.29, 0.717) is 6.42 Å². The SMILES string of the molecule is O=C1CCCCCN1Br.[H-].[H-].[H-].[H-].[Mg+2].[Mg+2]. The maximum Gasteiger partial charge on any atom is 2.00 e. The Morgan fingerprint density at radius 3 is 2.55 bits per heavy atom. The number of hydrogen-bond donors (Lipinski definition) is 0. The molecule has 1 saturated heterocycles. The van der Waals surface area contributed by atoms with E-state index in [4.69, 9.17) is 0 Å². The molecule has 1 heterocycles. The molecular weight excluding hydrogens is 231 g/mol. The molecule has 1 rings (SSSR count). The normalized spacial score (nSPS) is 17.9. The maximum atomic E-state index is 10.9. The first-order valence-electron chi connectivity index (χ1n) is 3.27. The van der Waals surface area contributed by atoms with Gasteiger partial charge in [0.15, 0.2) is 0 Å². The van der Waals surface area contributed by atoms with Gasteiger partial charge in [-0.1, -0.05) is 6.42 Å². The van der Waals surface area contributed by atoms with E-state index >= 15 is 0 Å².